The van der Waals surface area contributed by atoms with Gasteiger partial charge in [-0.1, -0.05) is 24.3 Å². The molecule has 0 aliphatic carbocycles. The molecule has 0 spiro atoms. The van der Waals surface area contributed by atoms with Crippen LogP contribution in [0.2, 0.25) is 0 Å². The molecule has 0 atom stereocenters. The zero-order valence-electron chi connectivity index (χ0n) is 15.0. The highest BCUT2D eigenvalue weighted by molar-refractivity contribution is 7.96. The minimum atomic E-state index is -3.90. The first-order chi connectivity index (χ1) is 13.0. The van der Waals surface area contributed by atoms with Gasteiger partial charge in [-0.3, -0.25) is 4.79 Å². The summed E-state index contributed by atoms with van der Waals surface area (Å²) in [4.78, 5) is 16.3. The molecule has 0 bridgehead atoms. The molecule has 0 aromatic heterocycles. The van der Waals surface area contributed by atoms with E-state index in [-0.39, 0.29) is 9.80 Å². The van der Waals surface area contributed by atoms with Crippen molar-refractivity contribution in [3.05, 3.63) is 65.2 Å². The third-order valence-corrected chi connectivity index (χ3v) is 6.52. The highest BCUT2D eigenvalue weighted by Gasteiger charge is 2.37. The van der Waals surface area contributed by atoms with E-state index < -0.39 is 15.7 Å². The molecule has 0 saturated carbocycles. The van der Waals surface area contributed by atoms with Crippen molar-refractivity contribution in [2.45, 2.75) is 11.8 Å². The number of sulfone groups is 1. The van der Waals surface area contributed by atoms with Gasteiger partial charge in [-0.2, -0.15) is 0 Å². The predicted octanol–water partition coefficient (Wildman–Crippen LogP) is 2.62. The van der Waals surface area contributed by atoms with Crippen LogP contribution in [0.4, 0.5) is 11.4 Å². The molecule has 1 fully saturated rings. The lowest BCUT2D eigenvalue weighted by molar-refractivity contribution is -0.130. The van der Waals surface area contributed by atoms with Gasteiger partial charge in [-0.05, 0) is 36.8 Å². The van der Waals surface area contributed by atoms with Crippen molar-refractivity contribution >= 4 is 27.1 Å². The van der Waals surface area contributed by atoms with Crippen LogP contribution in [-0.2, 0) is 19.4 Å². The van der Waals surface area contributed by atoms with Crippen molar-refractivity contribution < 1.29 is 17.9 Å². The Balaban J connectivity index is 1.86. The Kier molecular flexibility index (Phi) is 4.49. The highest BCUT2D eigenvalue weighted by atomic mass is 32.2. The number of morpholine rings is 1. The van der Waals surface area contributed by atoms with E-state index in [1.165, 1.54) is 11.1 Å². The van der Waals surface area contributed by atoms with Crippen molar-refractivity contribution in [2.24, 2.45) is 0 Å². The van der Waals surface area contributed by atoms with Crippen molar-refractivity contribution in [2.75, 3.05) is 31.2 Å². The number of para-hydroxylation sites is 1. The van der Waals surface area contributed by atoms with Crippen molar-refractivity contribution in [1.82, 2.24) is 4.90 Å². The van der Waals surface area contributed by atoms with Gasteiger partial charge in [-0.25, -0.2) is 8.42 Å². The summed E-state index contributed by atoms with van der Waals surface area (Å²) in [6, 6.07) is 14.5. The minimum Gasteiger partial charge on any atom is -0.378 e. The number of hydrogen-bond donors (Lipinski definition) is 0. The first kappa shape index (κ1) is 17.8. The number of carbonyl (C=O) groups excluding carboxylic acids is 1. The quantitative estimate of drug-likeness (QED) is 0.796. The number of ether oxygens (including phenoxy) is 1. The summed E-state index contributed by atoms with van der Waals surface area (Å²) in [5.41, 5.74) is 2.40. The second-order valence-corrected chi connectivity index (χ2v) is 8.46. The molecule has 1 amide bonds. The first-order valence-corrected chi connectivity index (χ1v) is 10.3. The Bertz CT molecular complexity index is 1020. The van der Waals surface area contributed by atoms with Crippen molar-refractivity contribution in [3.63, 3.8) is 0 Å². The first-order valence-electron chi connectivity index (χ1n) is 8.77. The fraction of sp³-hybridized carbons (Fsp3) is 0.250. The van der Waals surface area contributed by atoms with Crippen molar-refractivity contribution in [1.29, 1.82) is 0 Å². The lowest BCUT2D eigenvalue weighted by Gasteiger charge is -2.32. The Morgan fingerprint density at radius 3 is 2.52 bits per heavy atom. The topological polar surface area (TPSA) is 66.9 Å². The number of hydrogen-bond acceptors (Lipinski definition) is 5. The van der Waals surface area contributed by atoms with E-state index in [2.05, 4.69) is 0 Å². The monoisotopic (exact) mass is 384 g/mol. The fourth-order valence-electron chi connectivity index (χ4n) is 3.34. The van der Waals surface area contributed by atoms with Crippen LogP contribution in [0.5, 0.6) is 0 Å². The number of rotatable bonds is 2. The van der Waals surface area contributed by atoms with E-state index in [1.807, 2.05) is 31.2 Å². The van der Waals surface area contributed by atoms with Gasteiger partial charge in [-0.15, -0.1) is 0 Å². The number of amides is 1. The molecule has 4 rings (SSSR count). The molecule has 2 heterocycles. The smallest absolute Gasteiger partial charge is 0.267 e. The van der Waals surface area contributed by atoms with Crippen LogP contribution in [0.3, 0.4) is 0 Å². The average molecular weight is 384 g/mol. The molecule has 0 radical (unpaired) electrons. The van der Waals surface area contributed by atoms with E-state index >= 15 is 0 Å². The molecule has 1 saturated heterocycles. The van der Waals surface area contributed by atoms with E-state index in [0.717, 1.165) is 11.3 Å². The predicted molar refractivity (Wildman–Crippen MR) is 102 cm³/mol. The Morgan fingerprint density at radius 1 is 1.04 bits per heavy atom. The van der Waals surface area contributed by atoms with Crippen LogP contribution in [0, 0.1) is 6.92 Å². The summed E-state index contributed by atoms with van der Waals surface area (Å²) in [7, 11) is -3.90. The van der Waals surface area contributed by atoms with Crippen LogP contribution in [0.15, 0.2) is 64.5 Å². The maximum absolute atomic E-state index is 13.2. The minimum absolute atomic E-state index is 0.144. The molecule has 2 aromatic carbocycles. The third-order valence-electron chi connectivity index (χ3n) is 4.74. The summed E-state index contributed by atoms with van der Waals surface area (Å²) in [6.07, 6.45) is 1.45. The summed E-state index contributed by atoms with van der Waals surface area (Å²) in [5, 5.41) is 0. The molecule has 2 aromatic rings. The zero-order chi connectivity index (χ0) is 19.0. The number of carbonyl (C=O) groups is 1. The highest BCUT2D eigenvalue weighted by Crippen LogP contribution is 2.40. The molecule has 27 heavy (non-hydrogen) atoms. The molecular weight excluding hydrogens is 364 g/mol. The molecule has 2 aliphatic heterocycles. The normalized spacial score (nSPS) is 18.6. The second kappa shape index (κ2) is 6.83. The van der Waals surface area contributed by atoms with Gasteiger partial charge in [0.1, 0.15) is 0 Å². The van der Waals surface area contributed by atoms with Gasteiger partial charge in [0.25, 0.3) is 5.91 Å². The Morgan fingerprint density at radius 2 is 1.78 bits per heavy atom. The van der Waals surface area contributed by atoms with Crippen LogP contribution in [0.1, 0.15) is 5.56 Å². The molecular formula is C20H20N2O4S. The lowest BCUT2D eigenvalue weighted by Crippen LogP contribution is -2.43. The van der Waals surface area contributed by atoms with E-state index in [1.54, 1.807) is 29.2 Å². The molecule has 2 aliphatic rings. The van der Waals surface area contributed by atoms with Crippen LogP contribution in [0.25, 0.3) is 0 Å². The summed E-state index contributed by atoms with van der Waals surface area (Å²) in [6.45, 7) is 3.57. The van der Waals surface area contributed by atoms with E-state index in [9.17, 15) is 13.2 Å². The zero-order valence-corrected chi connectivity index (χ0v) is 15.8. The molecule has 7 heteroatoms. The van der Waals surface area contributed by atoms with Crippen LogP contribution >= 0.6 is 0 Å². The van der Waals surface area contributed by atoms with Gasteiger partial charge >= 0.3 is 0 Å². The molecule has 140 valence electrons. The summed E-state index contributed by atoms with van der Waals surface area (Å²) in [5.74, 6) is -0.481. The van der Waals surface area contributed by atoms with Gasteiger partial charge in [0, 0.05) is 25.0 Å². The number of fused-ring (bicyclic) bond motifs is 1. The van der Waals surface area contributed by atoms with Crippen LogP contribution in [-0.4, -0.2) is 45.5 Å². The van der Waals surface area contributed by atoms with Gasteiger partial charge < -0.3 is 14.5 Å². The second-order valence-electron chi connectivity index (χ2n) is 6.58. The Labute approximate surface area is 158 Å². The van der Waals surface area contributed by atoms with Gasteiger partial charge in [0.15, 0.2) is 4.91 Å². The average Bonchev–Trinajstić information content (AvgIpc) is 2.68. The Hall–Kier alpha value is -2.64. The largest absolute Gasteiger partial charge is 0.378 e. The van der Waals surface area contributed by atoms with Crippen LogP contribution < -0.4 is 4.90 Å². The maximum atomic E-state index is 13.2. The number of anilines is 2. The third kappa shape index (κ3) is 3.13. The van der Waals surface area contributed by atoms with Gasteiger partial charge in [0.05, 0.1) is 23.8 Å². The fourth-order valence-corrected chi connectivity index (χ4v) is 4.88. The number of aryl methyl sites for hydroxylation is 1. The van der Waals surface area contributed by atoms with E-state index in [0.29, 0.717) is 32.0 Å². The molecule has 0 unspecified atom stereocenters. The SMILES string of the molecule is Cc1cccc(N2C=C(C(=O)N3CCOCC3)S(=O)(=O)c3ccccc32)c1. The molecule has 6 nitrogen and oxygen atoms in total. The maximum Gasteiger partial charge on any atom is 0.267 e. The summed E-state index contributed by atoms with van der Waals surface area (Å²) < 4.78 is 31.6. The van der Waals surface area contributed by atoms with Gasteiger partial charge in [0.2, 0.25) is 9.84 Å². The lowest BCUT2D eigenvalue weighted by atomic mass is 10.2. The van der Waals surface area contributed by atoms with E-state index in [4.69, 9.17) is 4.74 Å². The summed E-state index contributed by atoms with van der Waals surface area (Å²) >= 11 is 0. The van der Waals surface area contributed by atoms with Crippen molar-refractivity contribution in [3.8, 4) is 0 Å². The standard InChI is InChI=1S/C20H20N2O4S/c1-15-5-4-6-16(13-15)22-14-19(20(23)21-9-11-26-12-10-21)27(24,25)18-8-3-2-7-17(18)22/h2-8,13-14H,9-12H2,1H3. The number of benzene rings is 2. The molecule has 0 N–H and O–H groups in total. The number of nitrogens with zero attached hydrogens (tertiary/aromatic N) is 2.